The van der Waals surface area contributed by atoms with Gasteiger partial charge in [-0.25, -0.2) is 0 Å². The average molecular weight is 337 g/mol. The second-order valence-electron chi connectivity index (χ2n) is 6.61. The highest BCUT2D eigenvalue weighted by Crippen LogP contribution is 2.33. The van der Waals surface area contributed by atoms with Gasteiger partial charge in [0.2, 0.25) is 5.91 Å². The smallest absolute Gasteiger partial charge is 0.308 e. The summed E-state index contributed by atoms with van der Waals surface area (Å²) in [6.45, 7) is 2.83. The maximum atomic E-state index is 12.7. The van der Waals surface area contributed by atoms with E-state index in [9.17, 15) is 14.7 Å². The number of carboxylic acid groups (broad SMARTS) is 1. The molecule has 1 heterocycles. The van der Waals surface area contributed by atoms with E-state index in [0.717, 1.165) is 17.5 Å². The highest BCUT2D eigenvalue weighted by molar-refractivity contribution is 5.81. The fourth-order valence-electron chi connectivity index (χ4n) is 3.54. The SMILES string of the molecule is CCc1cccc(CC(=O)N2CC(C(=O)O)C(c3ccccc3)C2)c1. The highest BCUT2D eigenvalue weighted by Gasteiger charge is 2.40. The number of nitrogens with zero attached hydrogens (tertiary/aromatic N) is 1. The predicted octanol–water partition coefficient (Wildman–Crippen LogP) is 3.12. The molecule has 0 bridgehead atoms. The molecule has 0 spiro atoms. The average Bonchev–Trinajstić information content (AvgIpc) is 3.08. The molecule has 4 nitrogen and oxygen atoms in total. The van der Waals surface area contributed by atoms with Gasteiger partial charge in [0.1, 0.15) is 0 Å². The van der Waals surface area contributed by atoms with Crippen LogP contribution in [0, 0.1) is 5.92 Å². The zero-order chi connectivity index (χ0) is 17.8. The van der Waals surface area contributed by atoms with Gasteiger partial charge in [-0.15, -0.1) is 0 Å². The van der Waals surface area contributed by atoms with Crippen LogP contribution in [0.5, 0.6) is 0 Å². The molecule has 1 N–H and O–H groups in total. The number of aryl methyl sites for hydroxylation is 1. The summed E-state index contributed by atoms with van der Waals surface area (Å²) in [5.74, 6) is -1.53. The zero-order valence-electron chi connectivity index (χ0n) is 14.4. The normalized spacial score (nSPS) is 19.8. The van der Waals surface area contributed by atoms with E-state index in [1.54, 1.807) is 4.90 Å². The fraction of sp³-hybridized carbons (Fsp3) is 0.333. The van der Waals surface area contributed by atoms with E-state index in [1.807, 2.05) is 42.5 Å². The fourth-order valence-corrected chi connectivity index (χ4v) is 3.54. The molecule has 1 aliphatic rings. The molecule has 1 fully saturated rings. The van der Waals surface area contributed by atoms with Gasteiger partial charge in [0, 0.05) is 19.0 Å². The number of rotatable bonds is 5. The van der Waals surface area contributed by atoms with Crippen molar-refractivity contribution < 1.29 is 14.7 Å². The third-order valence-corrected chi connectivity index (χ3v) is 4.97. The Morgan fingerprint density at radius 1 is 1.04 bits per heavy atom. The molecule has 0 aromatic heterocycles. The van der Waals surface area contributed by atoms with Crippen molar-refractivity contribution in [2.24, 2.45) is 5.92 Å². The molecule has 1 saturated heterocycles. The number of likely N-dealkylation sites (tertiary alicyclic amines) is 1. The summed E-state index contributed by atoms with van der Waals surface area (Å²) >= 11 is 0. The third-order valence-electron chi connectivity index (χ3n) is 4.97. The Morgan fingerprint density at radius 2 is 1.76 bits per heavy atom. The lowest BCUT2D eigenvalue weighted by molar-refractivity contribution is -0.141. The van der Waals surface area contributed by atoms with E-state index < -0.39 is 11.9 Å². The van der Waals surface area contributed by atoms with Gasteiger partial charge in [-0.05, 0) is 23.1 Å². The number of carboxylic acids is 1. The van der Waals surface area contributed by atoms with Gasteiger partial charge >= 0.3 is 5.97 Å². The Hall–Kier alpha value is -2.62. The highest BCUT2D eigenvalue weighted by atomic mass is 16.4. The van der Waals surface area contributed by atoms with Gasteiger partial charge in [-0.3, -0.25) is 9.59 Å². The Bertz CT molecular complexity index is 757. The molecule has 2 aromatic carbocycles. The number of aliphatic carboxylic acids is 1. The Balaban J connectivity index is 1.74. The van der Waals surface area contributed by atoms with Crippen molar-refractivity contribution in [1.82, 2.24) is 4.90 Å². The first kappa shape index (κ1) is 17.2. The van der Waals surface area contributed by atoms with Crippen LogP contribution in [0.15, 0.2) is 54.6 Å². The summed E-state index contributed by atoms with van der Waals surface area (Å²) in [5.41, 5.74) is 3.18. The molecule has 2 atom stereocenters. The molecule has 2 unspecified atom stereocenters. The maximum absolute atomic E-state index is 12.7. The molecule has 25 heavy (non-hydrogen) atoms. The van der Waals surface area contributed by atoms with Crippen LogP contribution in [0.25, 0.3) is 0 Å². The van der Waals surface area contributed by atoms with E-state index in [0.29, 0.717) is 13.0 Å². The lowest BCUT2D eigenvalue weighted by Crippen LogP contribution is -2.31. The monoisotopic (exact) mass is 337 g/mol. The number of carbonyl (C=O) groups is 2. The van der Waals surface area contributed by atoms with Crippen molar-refractivity contribution in [3.8, 4) is 0 Å². The molecular formula is C21H23NO3. The van der Waals surface area contributed by atoms with Crippen LogP contribution < -0.4 is 0 Å². The molecule has 1 amide bonds. The number of benzene rings is 2. The molecule has 2 aromatic rings. The number of hydrogen-bond donors (Lipinski definition) is 1. The molecule has 130 valence electrons. The van der Waals surface area contributed by atoms with Crippen molar-refractivity contribution in [2.45, 2.75) is 25.7 Å². The molecular weight excluding hydrogens is 314 g/mol. The first-order valence-electron chi connectivity index (χ1n) is 8.71. The van der Waals surface area contributed by atoms with Crippen LogP contribution in [0.4, 0.5) is 0 Å². The standard InChI is InChI=1S/C21H23NO3/c1-2-15-7-6-8-16(11-15)12-20(23)22-13-18(19(14-22)21(24)25)17-9-4-3-5-10-17/h3-11,18-19H,2,12-14H2,1H3,(H,24,25). The van der Waals surface area contributed by atoms with Crippen molar-refractivity contribution in [2.75, 3.05) is 13.1 Å². The molecule has 0 saturated carbocycles. The van der Waals surface area contributed by atoms with E-state index in [-0.39, 0.29) is 18.4 Å². The van der Waals surface area contributed by atoms with Crippen molar-refractivity contribution in [3.05, 3.63) is 71.3 Å². The molecule has 0 radical (unpaired) electrons. The van der Waals surface area contributed by atoms with E-state index in [4.69, 9.17) is 0 Å². The summed E-state index contributed by atoms with van der Waals surface area (Å²) < 4.78 is 0. The van der Waals surface area contributed by atoms with Crippen LogP contribution in [0.2, 0.25) is 0 Å². The van der Waals surface area contributed by atoms with Gasteiger partial charge in [0.15, 0.2) is 0 Å². The van der Waals surface area contributed by atoms with Gasteiger partial charge in [0.05, 0.1) is 12.3 Å². The Labute approximate surface area is 148 Å². The summed E-state index contributed by atoms with van der Waals surface area (Å²) in [5, 5.41) is 9.56. The summed E-state index contributed by atoms with van der Waals surface area (Å²) in [6, 6.07) is 17.7. The van der Waals surface area contributed by atoms with Gasteiger partial charge in [-0.2, -0.15) is 0 Å². The Kier molecular flexibility index (Phi) is 5.17. The lowest BCUT2D eigenvalue weighted by Gasteiger charge is -2.17. The van der Waals surface area contributed by atoms with Crippen molar-refractivity contribution in [1.29, 1.82) is 0 Å². The van der Waals surface area contributed by atoms with Crippen LogP contribution in [0.1, 0.15) is 29.5 Å². The first-order valence-corrected chi connectivity index (χ1v) is 8.71. The molecule has 4 heteroatoms. The summed E-state index contributed by atoms with van der Waals surface area (Å²) in [4.78, 5) is 26.1. The topological polar surface area (TPSA) is 57.6 Å². The van der Waals surface area contributed by atoms with Gasteiger partial charge in [-0.1, -0.05) is 61.5 Å². The molecule has 1 aliphatic heterocycles. The molecule has 3 rings (SSSR count). The summed E-state index contributed by atoms with van der Waals surface area (Å²) in [6.07, 6.45) is 1.25. The second-order valence-corrected chi connectivity index (χ2v) is 6.61. The third kappa shape index (κ3) is 3.90. The minimum atomic E-state index is -0.836. The van der Waals surface area contributed by atoms with E-state index >= 15 is 0 Å². The largest absolute Gasteiger partial charge is 0.481 e. The van der Waals surface area contributed by atoms with Gasteiger partial charge in [0.25, 0.3) is 0 Å². The number of hydrogen-bond acceptors (Lipinski definition) is 2. The van der Waals surface area contributed by atoms with E-state index in [2.05, 4.69) is 19.1 Å². The number of amides is 1. The van der Waals surface area contributed by atoms with Crippen LogP contribution in [-0.4, -0.2) is 35.0 Å². The minimum absolute atomic E-state index is 0.00191. The van der Waals surface area contributed by atoms with E-state index in [1.165, 1.54) is 5.56 Å². The number of carbonyl (C=O) groups excluding carboxylic acids is 1. The quantitative estimate of drug-likeness (QED) is 0.912. The summed E-state index contributed by atoms with van der Waals surface area (Å²) in [7, 11) is 0. The predicted molar refractivity (Wildman–Crippen MR) is 96.4 cm³/mol. The first-order chi connectivity index (χ1) is 12.1. The maximum Gasteiger partial charge on any atom is 0.308 e. The molecule has 0 aliphatic carbocycles. The lowest BCUT2D eigenvalue weighted by atomic mass is 9.89. The minimum Gasteiger partial charge on any atom is -0.481 e. The van der Waals surface area contributed by atoms with Crippen molar-refractivity contribution >= 4 is 11.9 Å². The van der Waals surface area contributed by atoms with Crippen LogP contribution >= 0.6 is 0 Å². The second kappa shape index (κ2) is 7.51. The Morgan fingerprint density at radius 3 is 2.44 bits per heavy atom. The van der Waals surface area contributed by atoms with Crippen LogP contribution in [0.3, 0.4) is 0 Å². The zero-order valence-corrected chi connectivity index (χ0v) is 14.4. The van der Waals surface area contributed by atoms with Crippen LogP contribution in [-0.2, 0) is 22.4 Å². The van der Waals surface area contributed by atoms with Crippen molar-refractivity contribution in [3.63, 3.8) is 0 Å². The van der Waals surface area contributed by atoms with Gasteiger partial charge < -0.3 is 10.0 Å².